The van der Waals surface area contributed by atoms with Gasteiger partial charge >= 0.3 is 0 Å². The second-order valence-corrected chi connectivity index (χ2v) is 5.73. The largest absolute Gasteiger partial charge is 0.491 e. The topological polar surface area (TPSA) is 47.3 Å². The molecule has 112 valence electrons. The van der Waals surface area contributed by atoms with E-state index in [1.54, 1.807) is 18.2 Å². The van der Waals surface area contributed by atoms with Crippen LogP contribution >= 0.6 is 27.5 Å². The molecule has 21 heavy (non-hydrogen) atoms. The van der Waals surface area contributed by atoms with E-state index in [0.717, 1.165) is 12.1 Å². The van der Waals surface area contributed by atoms with E-state index in [2.05, 4.69) is 21.2 Å². The number of nitrogens with one attached hydrogen (secondary N) is 1. The average Bonchev–Trinajstić information content (AvgIpc) is 2.43. The van der Waals surface area contributed by atoms with Crippen LogP contribution in [0.3, 0.4) is 0 Å². The minimum Gasteiger partial charge on any atom is -0.491 e. The summed E-state index contributed by atoms with van der Waals surface area (Å²) in [5, 5.41) is 3.42. The number of nitrogen functional groups attached to an aromatic ring is 1. The highest BCUT2D eigenvalue weighted by Gasteiger charge is 2.10. The Kier molecular flexibility index (Phi) is 5.31. The standard InChI is InChI=1S/C15H15BrClFN2O/c1-2-5-21-14-8-10(3-4-13(14)19)20-15-11(16)6-9(18)7-12(15)17/h3-4,6-8,20H,2,5,19H2,1H3. The monoisotopic (exact) mass is 372 g/mol. The summed E-state index contributed by atoms with van der Waals surface area (Å²) in [6.07, 6.45) is 0.895. The predicted molar refractivity (Wildman–Crippen MR) is 89.0 cm³/mol. The Balaban J connectivity index is 2.28. The Bertz CT molecular complexity index is 629. The first-order valence-electron chi connectivity index (χ1n) is 6.45. The summed E-state index contributed by atoms with van der Waals surface area (Å²) in [7, 11) is 0. The Hall–Kier alpha value is -1.46. The van der Waals surface area contributed by atoms with Gasteiger partial charge in [0.05, 0.1) is 23.0 Å². The number of hydrogen-bond acceptors (Lipinski definition) is 3. The Labute approximate surface area is 136 Å². The molecule has 0 fully saturated rings. The SMILES string of the molecule is CCCOc1cc(Nc2c(Cl)cc(F)cc2Br)ccc1N. The molecular weight excluding hydrogens is 359 g/mol. The van der Waals surface area contributed by atoms with Crippen LogP contribution in [0.1, 0.15) is 13.3 Å². The van der Waals surface area contributed by atoms with Gasteiger partial charge < -0.3 is 15.8 Å². The van der Waals surface area contributed by atoms with Crippen LogP contribution in [0.2, 0.25) is 5.02 Å². The zero-order valence-corrected chi connectivity index (χ0v) is 13.8. The number of benzene rings is 2. The van der Waals surface area contributed by atoms with Crippen LogP contribution in [0.25, 0.3) is 0 Å². The first-order valence-corrected chi connectivity index (χ1v) is 7.62. The van der Waals surface area contributed by atoms with Crippen LogP contribution in [0, 0.1) is 5.82 Å². The van der Waals surface area contributed by atoms with Crippen LogP contribution in [-0.4, -0.2) is 6.61 Å². The van der Waals surface area contributed by atoms with Crippen molar-refractivity contribution in [2.24, 2.45) is 0 Å². The Morgan fingerprint density at radius 1 is 1.33 bits per heavy atom. The van der Waals surface area contributed by atoms with Gasteiger partial charge in [-0.15, -0.1) is 0 Å². The van der Waals surface area contributed by atoms with Gasteiger partial charge in [0.2, 0.25) is 0 Å². The molecule has 0 saturated carbocycles. The molecule has 2 rings (SSSR count). The average molecular weight is 374 g/mol. The van der Waals surface area contributed by atoms with Gasteiger partial charge in [-0.05, 0) is 46.6 Å². The van der Waals surface area contributed by atoms with Crippen molar-refractivity contribution in [2.45, 2.75) is 13.3 Å². The molecule has 0 bridgehead atoms. The third-order valence-corrected chi connectivity index (χ3v) is 3.67. The second kappa shape index (κ2) is 7.00. The van der Waals surface area contributed by atoms with Crippen LogP contribution < -0.4 is 15.8 Å². The molecule has 3 nitrogen and oxygen atoms in total. The minimum atomic E-state index is -0.401. The molecule has 0 aromatic heterocycles. The molecule has 2 aromatic carbocycles. The molecule has 0 aliphatic heterocycles. The number of rotatable bonds is 5. The summed E-state index contributed by atoms with van der Waals surface area (Å²) >= 11 is 9.34. The summed E-state index contributed by atoms with van der Waals surface area (Å²) in [6.45, 7) is 2.61. The molecule has 0 saturated heterocycles. The van der Waals surface area contributed by atoms with Crippen LogP contribution in [-0.2, 0) is 0 Å². The third kappa shape index (κ3) is 4.02. The van der Waals surface area contributed by atoms with Crippen molar-refractivity contribution in [1.29, 1.82) is 0 Å². The number of hydrogen-bond donors (Lipinski definition) is 2. The van der Waals surface area contributed by atoms with Gasteiger partial charge in [-0.2, -0.15) is 0 Å². The van der Waals surface area contributed by atoms with Gasteiger partial charge in [0, 0.05) is 16.2 Å². The fourth-order valence-electron chi connectivity index (χ4n) is 1.76. The summed E-state index contributed by atoms with van der Waals surface area (Å²) in [4.78, 5) is 0. The summed E-state index contributed by atoms with van der Waals surface area (Å²) in [5.74, 6) is 0.206. The molecule has 2 aromatic rings. The quantitative estimate of drug-likeness (QED) is 0.694. The number of halogens is 3. The smallest absolute Gasteiger partial charge is 0.144 e. The first kappa shape index (κ1) is 15.9. The van der Waals surface area contributed by atoms with E-state index < -0.39 is 5.82 Å². The maximum absolute atomic E-state index is 13.2. The lowest BCUT2D eigenvalue weighted by molar-refractivity contribution is 0.319. The summed E-state index contributed by atoms with van der Waals surface area (Å²) in [6, 6.07) is 7.94. The molecule has 0 amide bonds. The number of ether oxygens (including phenoxy) is 1. The van der Waals surface area contributed by atoms with Gasteiger partial charge in [-0.1, -0.05) is 18.5 Å². The van der Waals surface area contributed by atoms with E-state index in [1.807, 2.05) is 6.92 Å². The zero-order chi connectivity index (χ0) is 15.4. The highest BCUT2D eigenvalue weighted by atomic mass is 79.9. The molecule has 0 radical (unpaired) electrons. The van der Waals surface area contributed by atoms with E-state index >= 15 is 0 Å². The normalized spacial score (nSPS) is 10.5. The molecule has 0 spiro atoms. The van der Waals surface area contributed by atoms with E-state index in [4.69, 9.17) is 22.1 Å². The van der Waals surface area contributed by atoms with E-state index in [-0.39, 0.29) is 5.02 Å². The third-order valence-electron chi connectivity index (χ3n) is 2.75. The van der Waals surface area contributed by atoms with Crippen LogP contribution in [0.4, 0.5) is 21.5 Å². The highest BCUT2D eigenvalue weighted by molar-refractivity contribution is 9.10. The molecule has 0 heterocycles. The van der Waals surface area contributed by atoms with Crippen molar-refractivity contribution in [3.63, 3.8) is 0 Å². The maximum Gasteiger partial charge on any atom is 0.144 e. The molecule has 6 heteroatoms. The van der Waals surface area contributed by atoms with E-state index in [0.29, 0.717) is 28.2 Å². The molecule has 0 aliphatic carbocycles. The van der Waals surface area contributed by atoms with Crippen LogP contribution in [0.5, 0.6) is 5.75 Å². The van der Waals surface area contributed by atoms with Crippen LogP contribution in [0.15, 0.2) is 34.8 Å². The fraction of sp³-hybridized carbons (Fsp3) is 0.200. The summed E-state index contributed by atoms with van der Waals surface area (Å²) in [5.41, 5.74) is 7.77. The van der Waals surface area contributed by atoms with Crippen molar-refractivity contribution in [2.75, 3.05) is 17.7 Å². The first-order chi connectivity index (χ1) is 10.0. The minimum absolute atomic E-state index is 0.287. The van der Waals surface area contributed by atoms with Gasteiger partial charge in [-0.3, -0.25) is 0 Å². The Morgan fingerprint density at radius 2 is 2.10 bits per heavy atom. The van der Waals surface area contributed by atoms with Gasteiger partial charge in [-0.25, -0.2) is 4.39 Å². The second-order valence-electron chi connectivity index (χ2n) is 4.47. The zero-order valence-electron chi connectivity index (χ0n) is 11.4. The molecule has 3 N–H and O–H groups in total. The lowest BCUT2D eigenvalue weighted by atomic mass is 10.2. The lowest BCUT2D eigenvalue weighted by Crippen LogP contribution is -2.00. The maximum atomic E-state index is 13.2. The van der Waals surface area contributed by atoms with Crippen molar-refractivity contribution in [1.82, 2.24) is 0 Å². The molecular formula is C15H15BrClFN2O. The number of nitrogens with two attached hydrogens (primary N) is 1. The highest BCUT2D eigenvalue weighted by Crippen LogP contribution is 2.35. The molecule has 0 atom stereocenters. The van der Waals surface area contributed by atoms with Crippen molar-refractivity contribution >= 4 is 44.6 Å². The van der Waals surface area contributed by atoms with E-state index in [9.17, 15) is 4.39 Å². The fourth-order valence-corrected chi connectivity index (χ4v) is 2.65. The predicted octanol–water partition coefficient (Wildman–Crippen LogP) is 5.36. The van der Waals surface area contributed by atoms with E-state index in [1.165, 1.54) is 12.1 Å². The van der Waals surface area contributed by atoms with Crippen molar-refractivity contribution in [3.05, 3.63) is 45.6 Å². The molecule has 0 unspecified atom stereocenters. The number of anilines is 3. The van der Waals surface area contributed by atoms with Gasteiger partial charge in [0.1, 0.15) is 11.6 Å². The Morgan fingerprint density at radius 3 is 2.76 bits per heavy atom. The van der Waals surface area contributed by atoms with Crippen molar-refractivity contribution in [3.8, 4) is 5.75 Å². The van der Waals surface area contributed by atoms with Gasteiger partial charge in [0.25, 0.3) is 0 Å². The molecule has 0 aliphatic rings. The lowest BCUT2D eigenvalue weighted by Gasteiger charge is -2.14. The summed E-state index contributed by atoms with van der Waals surface area (Å²) < 4.78 is 19.3. The van der Waals surface area contributed by atoms with Gasteiger partial charge in [0.15, 0.2) is 0 Å². The van der Waals surface area contributed by atoms with Crippen molar-refractivity contribution < 1.29 is 9.13 Å².